The van der Waals surface area contributed by atoms with Crippen LogP contribution in [0.25, 0.3) is 27.1 Å². The minimum absolute atomic E-state index is 0. The van der Waals surface area contributed by atoms with Gasteiger partial charge in [-0.05, 0) is 132 Å². The van der Waals surface area contributed by atoms with Gasteiger partial charge in [0.25, 0.3) is 0 Å². The van der Waals surface area contributed by atoms with Crippen LogP contribution in [-0.2, 0) is 31.1 Å². The number of nitrogens with zero attached hydrogens (tertiary/aromatic N) is 2. The second kappa shape index (κ2) is 19.5. The molecule has 1 N–H and O–H groups in total. The summed E-state index contributed by atoms with van der Waals surface area (Å²) in [5, 5.41) is 14.4. The van der Waals surface area contributed by atoms with E-state index >= 15 is 0 Å². The number of carboxylic acid groups (broad SMARTS) is 1. The van der Waals surface area contributed by atoms with Gasteiger partial charge in [-0.15, -0.1) is 0 Å². The van der Waals surface area contributed by atoms with Crippen molar-refractivity contribution in [3.8, 4) is 0 Å². The molecule has 0 saturated carbocycles. The van der Waals surface area contributed by atoms with Crippen LogP contribution in [0.15, 0.2) is 138 Å². The Morgan fingerprint density at radius 1 is 0.712 bits per heavy atom. The molecule has 0 bridgehead atoms. The first-order valence-corrected chi connectivity index (χ1v) is 25.5. The summed E-state index contributed by atoms with van der Waals surface area (Å²) >= 11 is 0. The predicted octanol–water partition coefficient (Wildman–Crippen LogP) is 7.52. The van der Waals surface area contributed by atoms with Gasteiger partial charge in [0, 0.05) is 59.0 Å². The molecule has 5 aromatic carbocycles. The average molecular weight is 935 g/mol. The molecule has 0 amide bonds. The molecule has 0 saturated heterocycles. The number of allylic oxidation sites excluding steroid dienone is 8. The SMILES string of the molecule is CC1(C)C(/C=C/C2=C(c3ccc(C(=O)O)cc3)C(=C/C=C3/N(CCCCS(=O)(=O)[O-])c4ccc5ccccc5c4C3(C)C)/CCC2)=[N+](CCCCS(=O)(=O)[O-])c2ccc3ccccc3c21.[Na+]. The van der Waals surface area contributed by atoms with Crippen LogP contribution in [0.5, 0.6) is 0 Å². The van der Waals surface area contributed by atoms with Crippen LogP contribution in [0, 0.1) is 0 Å². The smallest absolute Gasteiger partial charge is 0.748 e. The van der Waals surface area contributed by atoms with E-state index in [2.05, 4.69) is 110 Å². The van der Waals surface area contributed by atoms with Gasteiger partial charge in [0.05, 0.1) is 31.2 Å². The summed E-state index contributed by atoms with van der Waals surface area (Å²) < 4.78 is 71.5. The molecule has 13 heteroatoms. The molecule has 0 aromatic heterocycles. The summed E-state index contributed by atoms with van der Waals surface area (Å²) in [4.78, 5) is 14.3. The Morgan fingerprint density at radius 3 is 1.95 bits per heavy atom. The average Bonchev–Trinajstić information content (AvgIpc) is 3.62. The number of fused-ring (bicyclic) bond motifs is 6. The standard InChI is InChI=1S/C53H56N2O8S2.Na/c1-52(2)46(54(32-9-11-34-64(58,59)60)44-28-24-36-14-5-7-18-42(36)49(44)52)30-26-38-16-13-17-39(48(38)40-20-22-41(23-21-40)51(56)57)27-31-47-53(3,4)50-43-19-8-6-15-37(43)25-29-45(50)55(47)33-10-12-35-65(61,62)63;/h5-8,14-15,18-31H,9-13,16-17,32-35H2,1-4H3,(H2-,56,57,58,59,60,61,62,63);/q;+1/p-1. The molecule has 0 radical (unpaired) electrons. The van der Waals surface area contributed by atoms with Crippen molar-refractivity contribution in [1.29, 1.82) is 0 Å². The zero-order chi connectivity index (χ0) is 46.3. The molecule has 66 heavy (non-hydrogen) atoms. The molecule has 0 unspecified atom stereocenters. The van der Waals surface area contributed by atoms with Crippen LogP contribution in [0.3, 0.4) is 0 Å². The number of hydrogen-bond acceptors (Lipinski definition) is 8. The summed E-state index contributed by atoms with van der Waals surface area (Å²) in [7, 11) is -8.68. The number of benzene rings is 5. The minimum atomic E-state index is -4.34. The molecule has 0 fully saturated rings. The first-order chi connectivity index (χ1) is 30.8. The van der Waals surface area contributed by atoms with Crippen LogP contribution < -0.4 is 34.5 Å². The number of carboxylic acids is 1. The third-order valence-corrected chi connectivity index (χ3v) is 15.0. The first-order valence-electron chi connectivity index (χ1n) is 22.4. The summed E-state index contributed by atoms with van der Waals surface area (Å²) in [6.45, 7) is 9.93. The van der Waals surface area contributed by atoms with Crippen molar-refractivity contribution < 1.29 is 70.0 Å². The van der Waals surface area contributed by atoms with Gasteiger partial charge in [-0.3, -0.25) is 0 Å². The van der Waals surface area contributed by atoms with E-state index in [1.807, 2.05) is 36.4 Å². The van der Waals surface area contributed by atoms with Crippen molar-refractivity contribution in [2.24, 2.45) is 0 Å². The van der Waals surface area contributed by atoms with Gasteiger partial charge in [-0.2, -0.15) is 4.58 Å². The fourth-order valence-corrected chi connectivity index (χ4v) is 11.5. The molecule has 1 aliphatic carbocycles. The molecule has 5 aromatic rings. The van der Waals surface area contributed by atoms with E-state index in [9.17, 15) is 35.8 Å². The van der Waals surface area contributed by atoms with Crippen LogP contribution in [-0.4, -0.2) is 71.9 Å². The second-order valence-electron chi connectivity index (χ2n) is 18.5. The maximum atomic E-state index is 12.0. The molecule has 3 aliphatic rings. The number of carbonyl (C=O) groups is 1. The number of hydrogen-bond donors (Lipinski definition) is 1. The first kappa shape index (κ1) is 49.3. The van der Waals surface area contributed by atoms with E-state index in [0.29, 0.717) is 25.9 Å². The molecule has 2 heterocycles. The molecule has 8 rings (SSSR count). The van der Waals surface area contributed by atoms with E-state index in [0.717, 1.165) is 85.9 Å². The Bertz CT molecular complexity index is 3110. The van der Waals surface area contributed by atoms with Crippen molar-refractivity contribution >= 4 is 70.4 Å². The van der Waals surface area contributed by atoms with Gasteiger partial charge in [-0.1, -0.05) is 92.7 Å². The van der Waals surface area contributed by atoms with Gasteiger partial charge in [-0.25, -0.2) is 21.6 Å². The number of aromatic carboxylic acids is 1. The number of unbranched alkanes of at least 4 members (excludes halogenated alkanes) is 2. The van der Waals surface area contributed by atoms with Crippen molar-refractivity contribution in [3.05, 3.63) is 160 Å². The van der Waals surface area contributed by atoms with E-state index in [4.69, 9.17) is 0 Å². The topological polar surface area (TPSA) is 158 Å². The Kier molecular flexibility index (Phi) is 14.6. The Labute approximate surface area is 410 Å². The minimum Gasteiger partial charge on any atom is -0.748 e. The van der Waals surface area contributed by atoms with E-state index in [1.165, 1.54) is 11.1 Å². The molecule has 2 aliphatic heterocycles. The molecule has 338 valence electrons. The molecule has 10 nitrogen and oxygen atoms in total. The van der Waals surface area contributed by atoms with Crippen LogP contribution >= 0.6 is 0 Å². The van der Waals surface area contributed by atoms with Crippen LogP contribution in [0.2, 0.25) is 0 Å². The maximum absolute atomic E-state index is 12.0. The van der Waals surface area contributed by atoms with E-state index in [-0.39, 0.29) is 48.0 Å². The van der Waals surface area contributed by atoms with Crippen molar-refractivity contribution in [2.75, 3.05) is 29.5 Å². The van der Waals surface area contributed by atoms with Crippen molar-refractivity contribution in [1.82, 2.24) is 0 Å². The van der Waals surface area contributed by atoms with Crippen LogP contribution in [0.4, 0.5) is 11.4 Å². The third-order valence-electron chi connectivity index (χ3n) is 13.4. The Hall–Kier alpha value is -4.66. The predicted molar refractivity (Wildman–Crippen MR) is 258 cm³/mol. The molecule has 0 spiro atoms. The Morgan fingerprint density at radius 2 is 1.32 bits per heavy atom. The van der Waals surface area contributed by atoms with Gasteiger partial charge >= 0.3 is 35.5 Å². The van der Waals surface area contributed by atoms with Gasteiger partial charge < -0.3 is 19.1 Å². The molecular formula is C53H55N2NaO8S2. The normalized spacial score (nSPS) is 18.2. The molecule has 0 atom stereocenters. The van der Waals surface area contributed by atoms with Gasteiger partial charge in [0.2, 0.25) is 5.69 Å². The summed E-state index contributed by atoms with van der Waals surface area (Å²) in [5.41, 5.74) is 10.0. The van der Waals surface area contributed by atoms with Crippen molar-refractivity contribution in [2.45, 2.75) is 83.5 Å². The maximum Gasteiger partial charge on any atom is 1.00 e. The fraction of sp³-hybridized carbons (Fsp3) is 0.321. The quantitative estimate of drug-likeness (QED) is 0.0485. The fourth-order valence-electron chi connectivity index (χ4n) is 10.4. The van der Waals surface area contributed by atoms with Crippen molar-refractivity contribution in [3.63, 3.8) is 0 Å². The molecular weight excluding hydrogens is 880 g/mol. The monoisotopic (exact) mass is 934 g/mol. The largest absolute Gasteiger partial charge is 1.00 e. The van der Waals surface area contributed by atoms with E-state index < -0.39 is 48.5 Å². The van der Waals surface area contributed by atoms with E-state index in [1.54, 1.807) is 12.1 Å². The van der Waals surface area contributed by atoms with Gasteiger partial charge in [0.1, 0.15) is 6.54 Å². The van der Waals surface area contributed by atoms with Crippen LogP contribution in [0.1, 0.15) is 99.7 Å². The summed E-state index contributed by atoms with van der Waals surface area (Å²) in [6, 6.07) is 32.2. The number of anilines is 1. The summed E-state index contributed by atoms with van der Waals surface area (Å²) in [6.07, 6.45) is 12.7. The zero-order valence-corrected chi connectivity index (χ0v) is 42.0. The third kappa shape index (κ3) is 10.1. The zero-order valence-electron chi connectivity index (χ0n) is 38.3. The number of rotatable bonds is 15. The van der Waals surface area contributed by atoms with Gasteiger partial charge in [0.15, 0.2) is 5.71 Å². The summed E-state index contributed by atoms with van der Waals surface area (Å²) in [5.74, 6) is -1.82. The second-order valence-corrected chi connectivity index (χ2v) is 21.5. The Balaban J connectivity index is 0.00000648.